The van der Waals surface area contributed by atoms with Crippen molar-refractivity contribution in [1.29, 1.82) is 0 Å². The molecule has 2 fully saturated rings. The van der Waals surface area contributed by atoms with Crippen molar-refractivity contribution in [1.82, 2.24) is 0 Å². The zero-order valence-corrected chi connectivity index (χ0v) is 15.4. The molecule has 0 aromatic carbocycles. The van der Waals surface area contributed by atoms with Crippen molar-refractivity contribution in [2.75, 3.05) is 0 Å². The molecule has 0 aromatic heterocycles. The first-order valence-electron chi connectivity index (χ1n) is 9.11. The second-order valence-corrected chi connectivity index (χ2v) is 9.07. The number of hydrogen-bond donors (Lipinski definition) is 0. The molecule has 6 atom stereocenters. The SMILES string of the molecule is CC(=O)C1CCC2C3C=C(Cl)C4=CC(=O)C=CC4(C)C3CCC12C. The maximum Gasteiger partial charge on any atom is 0.178 e. The van der Waals surface area contributed by atoms with Crippen LogP contribution in [0.4, 0.5) is 0 Å². The minimum Gasteiger partial charge on any atom is -0.300 e. The minimum atomic E-state index is -0.153. The van der Waals surface area contributed by atoms with Crippen molar-refractivity contribution in [2.24, 2.45) is 34.5 Å². The predicted molar refractivity (Wildman–Crippen MR) is 95.5 cm³/mol. The summed E-state index contributed by atoms with van der Waals surface area (Å²) in [6.45, 7) is 6.31. The Hall–Kier alpha value is -1.15. The van der Waals surface area contributed by atoms with Crippen LogP contribution in [0.25, 0.3) is 0 Å². The minimum absolute atomic E-state index is 0.0330. The number of Topliss-reactive ketones (excluding diaryl/α,β-unsaturated/α-hetero) is 1. The summed E-state index contributed by atoms with van der Waals surface area (Å²) >= 11 is 6.64. The van der Waals surface area contributed by atoms with Crippen LogP contribution in [-0.2, 0) is 9.59 Å². The second-order valence-electron chi connectivity index (χ2n) is 8.67. The first-order chi connectivity index (χ1) is 11.3. The highest BCUT2D eigenvalue weighted by molar-refractivity contribution is 6.32. The molecule has 2 saturated carbocycles. The Bertz CT molecular complexity index is 715. The summed E-state index contributed by atoms with van der Waals surface area (Å²) in [4.78, 5) is 24.0. The molecule has 2 nitrogen and oxygen atoms in total. The first-order valence-corrected chi connectivity index (χ1v) is 9.48. The summed E-state index contributed by atoms with van der Waals surface area (Å²) in [6, 6.07) is 0. The van der Waals surface area contributed by atoms with Crippen molar-refractivity contribution in [2.45, 2.75) is 46.5 Å². The van der Waals surface area contributed by atoms with Crippen LogP contribution in [0.2, 0.25) is 0 Å². The number of fused-ring (bicyclic) bond motifs is 5. The quantitative estimate of drug-likeness (QED) is 0.682. The molecule has 0 bridgehead atoms. The van der Waals surface area contributed by atoms with E-state index in [0.717, 1.165) is 36.3 Å². The number of carbonyl (C=O) groups excluding carboxylic acids is 2. The van der Waals surface area contributed by atoms with Crippen LogP contribution in [0.5, 0.6) is 0 Å². The van der Waals surface area contributed by atoms with E-state index in [2.05, 4.69) is 26.0 Å². The number of ketones is 2. The van der Waals surface area contributed by atoms with Gasteiger partial charge in [0.05, 0.1) is 0 Å². The maximum atomic E-state index is 12.2. The van der Waals surface area contributed by atoms with Crippen molar-refractivity contribution < 1.29 is 9.59 Å². The highest BCUT2D eigenvalue weighted by Crippen LogP contribution is 2.65. The van der Waals surface area contributed by atoms with Crippen LogP contribution < -0.4 is 0 Å². The Labute approximate surface area is 149 Å². The van der Waals surface area contributed by atoms with Crippen molar-refractivity contribution >= 4 is 23.2 Å². The van der Waals surface area contributed by atoms with Gasteiger partial charge in [0, 0.05) is 16.4 Å². The van der Waals surface area contributed by atoms with E-state index < -0.39 is 0 Å². The van der Waals surface area contributed by atoms with Gasteiger partial charge in [0.2, 0.25) is 0 Å². The molecular formula is C21H25ClO2. The van der Waals surface area contributed by atoms with E-state index in [4.69, 9.17) is 11.6 Å². The molecule has 0 amide bonds. The second kappa shape index (κ2) is 5.17. The molecule has 4 aliphatic rings. The first kappa shape index (κ1) is 16.3. The Morgan fingerprint density at radius 3 is 2.67 bits per heavy atom. The zero-order valence-electron chi connectivity index (χ0n) is 14.6. The fourth-order valence-electron chi connectivity index (χ4n) is 6.39. The predicted octanol–water partition coefficient (Wildman–Crippen LogP) is 4.84. The maximum absolute atomic E-state index is 12.2. The molecule has 0 spiro atoms. The zero-order chi connectivity index (χ0) is 17.3. The van der Waals surface area contributed by atoms with E-state index in [-0.39, 0.29) is 22.5 Å². The van der Waals surface area contributed by atoms with E-state index >= 15 is 0 Å². The number of halogens is 1. The molecule has 24 heavy (non-hydrogen) atoms. The Morgan fingerprint density at radius 1 is 1.21 bits per heavy atom. The lowest BCUT2D eigenvalue weighted by molar-refractivity contribution is -0.126. The van der Waals surface area contributed by atoms with E-state index in [1.54, 1.807) is 19.1 Å². The van der Waals surface area contributed by atoms with Gasteiger partial charge in [0.1, 0.15) is 5.78 Å². The van der Waals surface area contributed by atoms with Crippen molar-refractivity contribution in [3.05, 3.63) is 34.9 Å². The van der Waals surface area contributed by atoms with Crippen LogP contribution >= 0.6 is 11.6 Å². The molecule has 0 saturated heterocycles. The van der Waals surface area contributed by atoms with Crippen LogP contribution in [0.3, 0.4) is 0 Å². The Balaban J connectivity index is 1.79. The molecule has 4 aliphatic carbocycles. The molecular weight excluding hydrogens is 320 g/mol. The van der Waals surface area contributed by atoms with E-state index in [1.165, 1.54) is 0 Å². The van der Waals surface area contributed by atoms with Gasteiger partial charge < -0.3 is 0 Å². The number of hydrogen-bond acceptors (Lipinski definition) is 2. The van der Waals surface area contributed by atoms with Gasteiger partial charge >= 0.3 is 0 Å². The average molecular weight is 345 g/mol. The summed E-state index contributed by atoms with van der Waals surface area (Å²) in [5.41, 5.74) is 0.939. The lowest BCUT2D eigenvalue weighted by atomic mass is 9.49. The Morgan fingerprint density at radius 2 is 1.96 bits per heavy atom. The van der Waals surface area contributed by atoms with Gasteiger partial charge in [0.15, 0.2) is 5.78 Å². The smallest absolute Gasteiger partial charge is 0.178 e. The van der Waals surface area contributed by atoms with Gasteiger partial charge in [-0.3, -0.25) is 9.59 Å². The highest BCUT2D eigenvalue weighted by atomic mass is 35.5. The molecule has 4 rings (SSSR count). The topological polar surface area (TPSA) is 34.1 Å². The number of carbonyl (C=O) groups is 2. The molecule has 0 N–H and O–H groups in total. The summed E-state index contributed by atoms with van der Waals surface area (Å²) in [6.07, 6.45) is 12.0. The van der Waals surface area contributed by atoms with Gasteiger partial charge in [-0.15, -0.1) is 0 Å². The summed E-state index contributed by atoms with van der Waals surface area (Å²) in [5, 5.41) is 0.743. The van der Waals surface area contributed by atoms with Gasteiger partial charge in [-0.2, -0.15) is 0 Å². The van der Waals surface area contributed by atoms with Gasteiger partial charge in [0.25, 0.3) is 0 Å². The molecule has 0 aromatic rings. The average Bonchev–Trinajstić information content (AvgIpc) is 2.87. The number of rotatable bonds is 1. The van der Waals surface area contributed by atoms with Crippen molar-refractivity contribution in [3.8, 4) is 0 Å². The largest absolute Gasteiger partial charge is 0.300 e. The Kier molecular flexibility index (Phi) is 3.52. The van der Waals surface area contributed by atoms with E-state index in [0.29, 0.717) is 23.5 Å². The third-order valence-corrected chi connectivity index (χ3v) is 7.98. The van der Waals surface area contributed by atoms with Crippen LogP contribution in [0.15, 0.2) is 34.9 Å². The van der Waals surface area contributed by atoms with E-state index in [1.807, 2.05) is 0 Å². The summed E-state index contributed by atoms with van der Waals surface area (Å²) in [5.74, 6) is 1.97. The molecule has 0 aliphatic heterocycles. The molecule has 6 unspecified atom stereocenters. The number of allylic oxidation sites excluding steroid dienone is 6. The fraction of sp³-hybridized carbons (Fsp3) is 0.619. The normalized spacial score (nSPS) is 46.6. The molecule has 0 heterocycles. The lowest BCUT2D eigenvalue weighted by Gasteiger charge is -2.55. The van der Waals surface area contributed by atoms with Crippen molar-refractivity contribution in [3.63, 3.8) is 0 Å². The van der Waals surface area contributed by atoms with Crippen LogP contribution in [0, 0.1) is 34.5 Å². The highest BCUT2D eigenvalue weighted by Gasteiger charge is 2.59. The van der Waals surface area contributed by atoms with E-state index in [9.17, 15) is 9.59 Å². The van der Waals surface area contributed by atoms with Crippen LogP contribution in [-0.4, -0.2) is 11.6 Å². The summed E-state index contributed by atoms with van der Waals surface area (Å²) in [7, 11) is 0. The molecule has 0 radical (unpaired) electrons. The standard InChI is InChI=1S/C21H25ClO2/c1-12(23)15-4-5-16-14-11-19(22)18-10-13(24)6-8-21(18,3)17(14)7-9-20(15,16)2/h6,8,10-11,14-17H,4-5,7,9H2,1-3H3. The summed E-state index contributed by atoms with van der Waals surface area (Å²) < 4.78 is 0. The molecule has 3 heteroatoms. The van der Waals surface area contributed by atoms with Gasteiger partial charge in [-0.1, -0.05) is 37.6 Å². The lowest BCUT2D eigenvalue weighted by Crippen LogP contribution is -2.49. The molecule has 128 valence electrons. The monoisotopic (exact) mass is 344 g/mol. The van der Waals surface area contributed by atoms with Gasteiger partial charge in [-0.25, -0.2) is 0 Å². The third-order valence-electron chi connectivity index (χ3n) is 7.65. The third kappa shape index (κ3) is 2.02. The fourth-order valence-corrected chi connectivity index (χ4v) is 6.80. The van der Waals surface area contributed by atoms with Crippen LogP contribution in [0.1, 0.15) is 46.5 Å². The van der Waals surface area contributed by atoms with Gasteiger partial charge in [-0.05, 0) is 73.5 Å².